The maximum absolute atomic E-state index is 11.5. The third-order valence-electron chi connectivity index (χ3n) is 5.04. The fraction of sp³-hybridized carbons (Fsp3) is 0.429. The number of anilines is 2. The summed E-state index contributed by atoms with van der Waals surface area (Å²) in [6, 6.07) is 14.7. The van der Waals surface area contributed by atoms with Crippen LogP contribution in [-0.2, 0) is 16.7 Å². The second kappa shape index (κ2) is 10.6. The predicted molar refractivity (Wildman–Crippen MR) is 108 cm³/mol. The maximum Gasteiger partial charge on any atom is 1.00 e. The fourth-order valence-electron chi connectivity index (χ4n) is 3.60. The molecule has 146 valence electrons. The minimum atomic E-state index is -4.47. The Morgan fingerprint density at radius 2 is 1.75 bits per heavy atom. The molecule has 1 N–H and O–H groups in total. The Morgan fingerprint density at radius 1 is 1.04 bits per heavy atom. The van der Waals surface area contributed by atoms with Crippen LogP contribution >= 0.6 is 0 Å². The molecule has 0 bridgehead atoms. The van der Waals surface area contributed by atoms with Gasteiger partial charge in [0.1, 0.15) is 10.1 Å². The molecule has 0 radical (unpaired) electrons. The minimum Gasteiger partial charge on any atom is -0.744 e. The molecular formula is C21H27N2NaO3S. The molecule has 1 unspecified atom stereocenters. The molecular weight excluding hydrogens is 383 g/mol. The van der Waals surface area contributed by atoms with Gasteiger partial charge < -0.3 is 14.8 Å². The van der Waals surface area contributed by atoms with Crippen molar-refractivity contribution in [3.8, 4) is 0 Å². The van der Waals surface area contributed by atoms with Crippen molar-refractivity contribution in [1.29, 1.82) is 0 Å². The summed E-state index contributed by atoms with van der Waals surface area (Å²) in [5.41, 5.74) is 2.82. The van der Waals surface area contributed by atoms with Crippen molar-refractivity contribution in [3.63, 3.8) is 0 Å². The molecule has 2 aromatic rings. The van der Waals surface area contributed by atoms with E-state index in [2.05, 4.69) is 29.3 Å². The van der Waals surface area contributed by atoms with E-state index in [0.717, 1.165) is 29.8 Å². The van der Waals surface area contributed by atoms with E-state index in [4.69, 9.17) is 0 Å². The average molecular weight is 411 g/mol. The molecule has 0 fully saturated rings. The molecule has 0 saturated carbocycles. The summed E-state index contributed by atoms with van der Waals surface area (Å²) < 4.78 is 34.4. The van der Waals surface area contributed by atoms with Crippen LogP contribution in [0.15, 0.2) is 53.4 Å². The predicted octanol–water partition coefficient (Wildman–Crippen LogP) is 1.71. The van der Waals surface area contributed by atoms with Gasteiger partial charge >= 0.3 is 29.6 Å². The first-order valence-corrected chi connectivity index (χ1v) is 11.1. The first-order chi connectivity index (χ1) is 13.0. The Morgan fingerprint density at radius 3 is 2.43 bits per heavy atom. The normalized spacial score (nSPS) is 15.6. The summed E-state index contributed by atoms with van der Waals surface area (Å²) >= 11 is 0. The number of rotatable bonds is 9. The van der Waals surface area contributed by atoms with Crippen LogP contribution in [-0.4, -0.2) is 19.1 Å². The van der Waals surface area contributed by atoms with Gasteiger partial charge in [0.15, 0.2) is 0 Å². The number of hydrogen-bond acceptors (Lipinski definition) is 5. The Bertz CT molecular complexity index is 859. The molecule has 1 heterocycles. The van der Waals surface area contributed by atoms with Crippen molar-refractivity contribution in [3.05, 3.63) is 54.1 Å². The van der Waals surface area contributed by atoms with Crippen LogP contribution in [0.25, 0.3) is 0 Å². The number of nitrogens with zero attached hydrogens (tertiary/aromatic N) is 1. The van der Waals surface area contributed by atoms with Gasteiger partial charge in [0.2, 0.25) is 0 Å². The minimum absolute atomic E-state index is 0. The van der Waals surface area contributed by atoms with E-state index in [9.17, 15) is 13.0 Å². The third kappa shape index (κ3) is 5.97. The molecule has 1 aliphatic rings. The number of unbranched alkanes of at least 4 members (excludes halogenated alkanes) is 4. The van der Waals surface area contributed by atoms with E-state index in [-0.39, 0.29) is 40.6 Å². The first-order valence-electron chi connectivity index (χ1n) is 9.66. The molecule has 0 aromatic heterocycles. The Kier molecular flexibility index (Phi) is 8.83. The molecule has 0 spiro atoms. The first kappa shape index (κ1) is 23.2. The SMILES string of the molecule is CCCCCCCC1Nc2ccc(S(=O)(=O)[O-])cc2N1Cc1ccccc1.[Na+]. The van der Waals surface area contributed by atoms with Crippen molar-refractivity contribution in [1.82, 2.24) is 0 Å². The molecule has 1 aliphatic heterocycles. The number of nitrogens with one attached hydrogen (secondary N) is 1. The van der Waals surface area contributed by atoms with Crippen molar-refractivity contribution in [2.24, 2.45) is 0 Å². The maximum atomic E-state index is 11.5. The van der Waals surface area contributed by atoms with Gasteiger partial charge in [-0.2, -0.15) is 0 Å². The van der Waals surface area contributed by atoms with Crippen molar-refractivity contribution >= 4 is 21.5 Å². The van der Waals surface area contributed by atoms with Gasteiger partial charge in [0.05, 0.1) is 22.4 Å². The van der Waals surface area contributed by atoms with Crippen LogP contribution in [0.5, 0.6) is 0 Å². The number of hydrogen-bond donors (Lipinski definition) is 1. The number of fused-ring (bicyclic) bond motifs is 1. The van der Waals surface area contributed by atoms with Crippen LogP contribution in [0.3, 0.4) is 0 Å². The molecule has 1 atom stereocenters. The molecule has 0 aliphatic carbocycles. The van der Waals surface area contributed by atoms with E-state index in [1.54, 1.807) is 6.07 Å². The van der Waals surface area contributed by atoms with Gasteiger partial charge in [-0.1, -0.05) is 62.9 Å². The topological polar surface area (TPSA) is 72.5 Å². The van der Waals surface area contributed by atoms with Crippen LogP contribution < -0.4 is 39.8 Å². The van der Waals surface area contributed by atoms with Crippen molar-refractivity contribution in [2.75, 3.05) is 10.2 Å². The monoisotopic (exact) mass is 410 g/mol. The quantitative estimate of drug-likeness (QED) is 0.387. The molecule has 0 amide bonds. The van der Waals surface area contributed by atoms with Crippen LogP contribution in [0, 0.1) is 0 Å². The second-order valence-corrected chi connectivity index (χ2v) is 8.49. The molecule has 5 nitrogen and oxygen atoms in total. The zero-order valence-electron chi connectivity index (χ0n) is 16.7. The number of benzene rings is 2. The summed E-state index contributed by atoms with van der Waals surface area (Å²) in [6.45, 7) is 2.88. The van der Waals surface area contributed by atoms with Gasteiger partial charge in [-0.25, -0.2) is 8.42 Å². The average Bonchev–Trinajstić information content (AvgIpc) is 2.98. The smallest absolute Gasteiger partial charge is 0.744 e. The Labute approximate surface area is 190 Å². The molecule has 0 saturated heterocycles. The molecule has 3 rings (SSSR count). The van der Waals surface area contributed by atoms with Gasteiger partial charge in [0.25, 0.3) is 0 Å². The molecule has 7 heteroatoms. The van der Waals surface area contributed by atoms with Gasteiger partial charge in [0, 0.05) is 6.54 Å². The van der Waals surface area contributed by atoms with E-state index in [1.807, 2.05) is 18.2 Å². The standard InChI is InChI=1S/C21H28N2O3S.Na/c1-2-3-4-5-9-12-21-22-19-14-13-18(27(24,25)26)15-20(19)23(21)16-17-10-7-6-8-11-17;/h6-8,10-11,13-15,21-22H,2-5,9,12,16H2,1H3,(H,24,25,26);/q;+1/p-1. The Hall–Kier alpha value is -1.05. The van der Waals surface area contributed by atoms with E-state index < -0.39 is 10.1 Å². The van der Waals surface area contributed by atoms with Crippen LogP contribution in [0.1, 0.15) is 51.0 Å². The summed E-state index contributed by atoms with van der Waals surface area (Å²) in [5, 5.41) is 3.50. The second-order valence-electron chi connectivity index (χ2n) is 7.11. The summed E-state index contributed by atoms with van der Waals surface area (Å²) in [7, 11) is -4.47. The zero-order chi connectivity index (χ0) is 19.3. The van der Waals surface area contributed by atoms with Gasteiger partial charge in [-0.3, -0.25) is 0 Å². The summed E-state index contributed by atoms with van der Waals surface area (Å²) in [6.07, 6.45) is 7.12. The molecule has 28 heavy (non-hydrogen) atoms. The third-order valence-corrected chi connectivity index (χ3v) is 5.87. The van der Waals surface area contributed by atoms with E-state index in [0.29, 0.717) is 6.54 Å². The van der Waals surface area contributed by atoms with E-state index >= 15 is 0 Å². The van der Waals surface area contributed by atoms with Crippen molar-refractivity contribution < 1.29 is 42.5 Å². The van der Waals surface area contributed by atoms with Crippen LogP contribution in [0.4, 0.5) is 11.4 Å². The largest absolute Gasteiger partial charge is 1.00 e. The molecule has 2 aromatic carbocycles. The Balaban J connectivity index is 0.00000280. The summed E-state index contributed by atoms with van der Waals surface area (Å²) in [4.78, 5) is 2.00. The fourth-order valence-corrected chi connectivity index (χ4v) is 4.09. The van der Waals surface area contributed by atoms with Crippen LogP contribution in [0.2, 0.25) is 0 Å². The summed E-state index contributed by atoms with van der Waals surface area (Å²) in [5.74, 6) is 0. The van der Waals surface area contributed by atoms with Gasteiger partial charge in [-0.15, -0.1) is 0 Å². The zero-order valence-corrected chi connectivity index (χ0v) is 19.5. The van der Waals surface area contributed by atoms with Crippen molar-refractivity contribution in [2.45, 2.75) is 63.1 Å². The van der Waals surface area contributed by atoms with E-state index in [1.165, 1.54) is 37.8 Å². The van der Waals surface area contributed by atoms with Gasteiger partial charge in [-0.05, 0) is 36.6 Å².